The average Bonchev–Trinajstić information content (AvgIpc) is 2.81. The molecule has 3 atom stereocenters. The molecule has 3 fully saturated rings. The zero-order chi connectivity index (χ0) is 12.0. The first-order valence-corrected chi connectivity index (χ1v) is 6.52. The predicted octanol–water partition coefficient (Wildman–Crippen LogP) is -0.254. The van der Waals surface area contributed by atoms with Crippen molar-refractivity contribution in [3.05, 3.63) is 0 Å². The fourth-order valence-corrected chi connectivity index (χ4v) is 3.56. The van der Waals surface area contributed by atoms with Crippen LogP contribution in [-0.2, 0) is 9.59 Å². The van der Waals surface area contributed by atoms with Crippen molar-refractivity contribution in [1.82, 2.24) is 10.2 Å². The van der Waals surface area contributed by atoms with Crippen LogP contribution in [0.25, 0.3) is 0 Å². The maximum absolute atomic E-state index is 12.4. The highest BCUT2D eigenvalue weighted by Gasteiger charge is 2.44. The van der Waals surface area contributed by atoms with Crippen LogP contribution in [0.3, 0.4) is 0 Å². The van der Waals surface area contributed by atoms with Gasteiger partial charge in [0.25, 0.3) is 0 Å². The van der Waals surface area contributed by atoms with Crippen LogP contribution >= 0.6 is 0 Å². The van der Waals surface area contributed by atoms with Crippen LogP contribution in [0.4, 0.5) is 0 Å². The Morgan fingerprint density at radius 3 is 2.41 bits per heavy atom. The minimum absolute atomic E-state index is 0.00408. The van der Waals surface area contributed by atoms with Gasteiger partial charge in [0.15, 0.2) is 0 Å². The van der Waals surface area contributed by atoms with Crippen LogP contribution in [0, 0.1) is 0 Å². The van der Waals surface area contributed by atoms with Gasteiger partial charge in [0.2, 0.25) is 11.8 Å². The number of rotatable bonds is 1. The Kier molecular flexibility index (Phi) is 2.58. The molecule has 17 heavy (non-hydrogen) atoms. The molecule has 0 aromatic carbocycles. The summed E-state index contributed by atoms with van der Waals surface area (Å²) in [6.07, 6.45) is 5.13. The second-order valence-corrected chi connectivity index (χ2v) is 5.52. The molecule has 2 bridgehead atoms. The fourth-order valence-electron chi connectivity index (χ4n) is 3.56. The summed E-state index contributed by atoms with van der Waals surface area (Å²) >= 11 is 0. The molecule has 0 aromatic rings. The van der Waals surface area contributed by atoms with Crippen molar-refractivity contribution in [3.63, 3.8) is 0 Å². The normalized spacial score (nSPS) is 40.5. The van der Waals surface area contributed by atoms with Gasteiger partial charge in [-0.2, -0.15) is 0 Å². The minimum Gasteiger partial charge on any atom is -0.344 e. The van der Waals surface area contributed by atoms with Crippen LogP contribution in [0.1, 0.15) is 38.5 Å². The Labute approximate surface area is 101 Å². The largest absolute Gasteiger partial charge is 0.344 e. The van der Waals surface area contributed by atoms with E-state index in [1.807, 2.05) is 4.90 Å². The molecule has 3 rings (SSSR count). The predicted molar refractivity (Wildman–Crippen MR) is 62.0 cm³/mol. The van der Waals surface area contributed by atoms with E-state index >= 15 is 0 Å². The molecule has 94 valence electrons. The van der Waals surface area contributed by atoms with Gasteiger partial charge in [0.05, 0.1) is 0 Å². The van der Waals surface area contributed by atoms with E-state index in [4.69, 9.17) is 5.73 Å². The lowest BCUT2D eigenvalue weighted by molar-refractivity contribution is -0.138. The number of hydrogen-bond donors (Lipinski definition) is 2. The zero-order valence-corrected chi connectivity index (χ0v) is 9.89. The van der Waals surface area contributed by atoms with Gasteiger partial charge >= 0.3 is 0 Å². The molecule has 3 aliphatic rings. The SMILES string of the molecule is NC1CC2CCC(C1)N2C(=O)C1CCC(=O)N1. The number of carbonyl (C=O) groups excluding carboxylic acids is 2. The number of nitrogens with two attached hydrogens (primary N) is 1. The van der Waals surface area contributed by atoms with Gasteiger partial charge in [0, 0.05) is 24.5 Å². The van der Waals surface area contributed by atoms with Crippen molar-refractivity contribution in [2.24, 2.45) is 5.73 Å². The van der Waals surface area contributed by atoms with E-state index in [-0.39, 0.29) is 23.9 Å². The monoisotopic (exact) mass is 237 g/mol. The van der Waals surface area contributed by atoms with Gasteiger partial charge < -0.3 is 16.0 Å². The van der Waals surface area contributed by atoms with E-state index in [0.29, 0.717) is 24.9 Å². The lowest BCUT2D eigenvalue weighted by atomic mass is 9.97. The van der Waals surface area contributed by atoms with E-state index in [0.717, 1.165) is 25.7 Å². The van der Waals surface area contributed by atoms with Gasteiger partial charge in [-0.1, -0.05) is 0 Å². The highest BCUT2D eigenvalue weighted by molar-refractivity contribution is 5.91. The van der Waals surface area contributed by atoms with Crippen molar-refractivity contribution in [2.45, 2.75) is 62.7 Å². The molecule has 3 heterocycles. The zero-order valence-electron chi connectivity index (χ0n) is 9.89. The molecular weight excluding hydrogens is 218 g/mol. The van der Waals surface area contributed by atoms with Gasteiger partial charge in [-0.25, -0.2) is 0 Å². The quantitative estimate of drug-likeness (QED) is 0.660. The van der Waals surface area contributed by atoms with E-state index in [9.17, 15) is 9.59 Å². The van der Waals surface area contributed by atoms with E-state index < -0.39 is 0 Å². The Morgan fingerprint density at radius 2 is 1.88 bits per heavy atom. The van der Waals surface area contributed by atoms with Gasteiger partial charge in [-0.05, 0) is 32.1 Å². The summed E-state index contributed by atoms with van der Waals surface area (Å²) in [5.41, 5.74) is 5.99. The minimum atomic E-state index is -0.278. The number of amides is 2. The lowest BCUT2D eigenvalue weighted by Gasteiger charge is -2.39. The lowest BCUT2D eigenvalue weighted by Crippen LogP contribution is -2.54. The molecule has 3 aliphatic heterocycles. The van der Waals surface area contributed by atoms with Gasteiger partial charge in [0.1, 0.15) is 6.04 Å². The highest BCUT2D eigenvalue weighted by Crippen LogP contribution is 2.36. The molecule has 2 amide bonds. The molecule has 0 spiro atoms. The smallest absolute Gasteiger partial charge is 0.245 e. The molecule has 3 saturated heterocycles. The standard InChI is InChI=1S/C12H19N3O2/c13-7-5-8-1-2-9(6-7)15(8)12(17)10-3-4-11(16)14-10/h7-10H,1-6,13H2,(H,14,16). The molecule has 3 N–H and O–H groups in total. The van der Waals surface area contributed by atoms with Crippen molar-refractivity contribution >= 4 is 11.8 Å². The van der Waals surface area contributed by atoms with E-state index in [1.165, 1.54) is 0 Å². The first-order valence-electron chi connectivity index (χ1n) is 6.52. The first-order chi connectivity index (χ1) is 8.15. The summed E-state index contributed by atoms with van der Waals surface area (Å²) in [5, 5.41) is 2.77. The fraction of sp³-hybridized carbons (Fsp3) is 0.833. The third kappa shape index (κ3) is 1.82. The molecular formula is C12H19N3O2. The van der Waals surface area contributed by atoms with Crippen molar-refractivity contribution in [2.75, 3.05) is 0 Å². The Bertz CT molecular complexity index is 344. The average molecular weight is 237 g/mol. The molecule has 5 nitrogen and oxygen atoms in total. The first kappa shape index (κ1) is 11.0. The summed E-state index contributed by atoms with van der Waals surface area (Å²) in [7, 11) is 0. The van der Waals surface area contributed by atoms with Crippen molar-refractivity contribution in [1.29, 1.82) is 0 Å². The molecule has 0 saturated carbocycles. The number of nitrogens with one attached hydrogen (secondary N) is 1. The maximum atomic E-state index is 12.4. The highest BCUT2D eigenvalue weighted by atomic mass is 16.2. The summed E-state index contributed by atoms with van der Waals surface area (Å²) in [5.74, 6) is 0.125. The summed E-state index contributed by atoms with van der Waals surface area (Å²) in [6, 6.07) is 0.595. The topological polar surface area (TPSA) is 75.4 Å². The van der Waals surface area contributed by atoms with Gasteiger partial charge in [-0.3, -0.25) is 9.59 Å². The van der Waals surface area contributed by atoms with E-state index in [1.54, 1.807) is 0 Å². The molecule has 3 unspecified atom stereocenters. The third-order valence-electron chi connectivity index (χ3n) is 4.32. The molecule has 0 aliphatic carbocycles. The Hall–Kier alpha value is -1.10. The third-order valence-corrected chi connectivity index (χ3v) is 4.32. The van der Waals surface area contributed by atoms with Crippen LogP contribution in [0.2, 0.25) is 0 Å². The second kappa shape index (κ2) is 3.98. The summed E-state index contributed by atoms with van der Waals surface area (Å²) in [4.78, 5) is 25.6. The molecule has 0 aromatic heterocycles. The Balaban J connectivity index is 1.72. The van der Waals surface area contributed by atoms with Crippen molar-refractivity contribution in [3.8, 4) is 0 Å². The van der Waals surface area contributed by atoms with E-state index in [2.05, 4.69) is 5.32 Å². The van der Waals surface area contributed by atoms with Crippen LogP contribution in [0.5, 0.6) is 0 Å². The van der Waals surface area contributed by atoms with Crippen LogP contribution < -0.4 is 11.1 Å². The summed E-state index contributed by atoms with van der Waals surface area (Å²) < 4.78 is 0. The number of carbonyl (C=O) groups is 2. The van der Waals surface area contributed by atoms with Crippen LogP contribution in [-0.4, -0.2) is 40.9 Å². The van der Waals surface area contributed by atoms with Crippen molar-refractivity contribution < 1.29 is 9.59 Å². The Morgan fingerprint density at radius 1 is 1.24 bits per heavy atom. The van der Waals surface area contributed by atoms with Crippen LogP contribution in [0.15, 0.2) is 0 Å². The molecule has 5 heteroatoms. The maximum Gasteiger partial charge on any atom is 0.245 e. The summed E-state index contributed by atoms with van der Waals surface area (Å²) in [6.45, 7) is 0. The number of nitrogens with zero attached hydrogens (tertiary/aromatic N) is 1. The van der Waals surface area contributed by atoms with Gasteiger partial charge in [-0.15, -0.1) is 0 Å². The number of fused-ring (bicyclic) bond motifs is 2. The second-order valence-electron chi connectivity index (χ2n) is 5.52. The number of hydrogen-bond acceptors (Lipinski definition) is 3. The number of piperidine rings is 1. The molecule has 0 radical (unpaired) electrons.